The van der Waals surface area contributed by atoms with Crippen molar-refractivity contribution >= 4 is 24.1 Å². The molecule has 0 aromatic rings. The van der Waals surface area contributed by atoms with Crippen molar-refractivity contribution in [2.45, 2.75) is 78.4 Å². The molecular weight excluding hydrogens is 444 g/mol. The van der Waals surface area contributed by atoms with Crippen LogP contribution in [0.5, 0.6) is 0 Å². The zero-order chi connectivity index (χ0) is 25.7. The van der Waals surface area contributed by atoms with Crippen LogP contribution in [-0.4, -0.2) is 81.5 Å². The number of carboxylic acids is 2. The fourth-order valence-electron chi connectivity index (χ4n) is 4.96. The molecule has 4 rings (SSSR count). The molecule has 10 nitrogen and oxygen atoms in total. The summed E-state index contributed by atoms with van der Waals surface area (Å²) in [4.78, 5) is 49.1. The highest BCUT2D eigenvalue weighted by atomic mass is 16.6. The number of amides is 2. The summed E-state index contributed by atoms with van der Waals surface area (Å²) >= 11 is 0. The first-order chi connectivity index (χ1) is 15.5. The Morgan fingerprint density at radius 1 is 0.706 bits per heavy atom. The molecule has 10 heteroatoms. The summed E-state index contributed by atoms with van der Waals surface area (Å²) in [6, 6.07) is 0. The second kappa shape index (κ2) is 8.61. The Morgan fingerprint density at radius 3 is 1.26 bits per heavy atom. The molecule has 0 aromatic heterocycles. The largest absolute Gasteiger partial charge is 0.481 e. The molecule has 192 valence electrons. The van der Waals surface area contributed by atoms with E-state index in [1.807, 2.05) is 41.5 Å². The molecule has 2 aliphatic carbocycles. The summed E-state index contributed by atoms with van der Waals surface area (Å²) in [7, 11) is 0. The van der Waals surface area contributed by atoms with Crippen LogP contribution >= 0.6 is 0 Å². The van der Waals surface area contributed by atoms with Gasteiger partial charge in [-0.2, -0.15) is 0 Å². The van der Waals surface area contributed by atoms with Crippen molar-refractivity contribution in [2.75, 3.05) is 26.2 Å². The number of ether oxygens (including phenoxy) is 2. The molecule has 2 amide bonds. The van der Waals surface area contributed by atoms with Gasteiger partial charge < -0.3 is 29.5 Å². The maximum Gasteiger partial charge on any atom is 0.410 e. The van der Waals surface area contributed by atoms with E-state index in [9.17, 15) is 19.2 Å². The summed E-state index contributed by atoms with van der Waals surface area (Å²) in [6.45, 7) is 13.0. The number of piperidine rings is 2. The fraction of sp³-hybridized carbons (Fsp3) is 0.833. The second-order valence-electron chi connectivity index (χ2n) is 12.1. The molecule has 0 unspecified atom stereocenters. The number of hydrogen-bond donors (Lipinski definition) is 2. The van der Waals surface area contributed by atoms with E-state index < -0.39 is 34.0 Å². The van der Waals surface area contributed by atoms with E-state index in [0.29, 0.717) is 51.9 Å². The molecule has 0 bridgehead atoms. The number of fused-ring (bicyclic) bond motifs is 2. The predicted molar refractivity (Wildman–Crippen MR) is 121 cm³/mol. The lowest BCUT2D eigenvalue weighted by Crippen LogP contribution is -2.43. The van der Waals surface area contributed by atoms with Crippen molar-refractivity contribution in [2.24, 2.45) is 22.7 Å². The Kier molecular flexibility index (Phi) is 6.60. The zero-order valence-corrected chi connectivity index (χ0v) is 21.0. The fourth-order valence-corrected chi connectivity index (χ4v) is 4.96. The summed E-state index contributed by atoms with van der Waals surface area (Å²) in [5.74, 6) is -1.21. The number of carbonyl (C=O) groups excluding carboxylic acids is 2. The highest BCUT2D eigenvalue weighted by Crippen LogP contribution is 2.58. The van der Waals surface area contributed by atoms with Crippen molar-refractivity contribution in [3.63, 3.8) is 0 Å². The minimum atomic E-state index is -0.716. The maximum atomic E-state index is 11.8. The molecule has 34 heavy (non-hydrogen) atoms. The molecule has 2 saturated carbocycles. The molecule has 2 N–H and O–H groups in total. The van der Waals surface area contributed by atoms with Crippen LogP contribution in [0.2, 0.25) is 0 Å². The van der Waals surface area contributed by atoms with Crippen molar-refractivity contribution in [1.29, 1.82) is 0 Å². The summed E-state index contributed by atoms with van der Waals surface area (Å²) in [5, 5.41) is 18.2. The van der Waals surface area contributed by atoms with Gasteiger partial charge >= 0.3 is 24.1 Å². The second-order valence-corrected chi connectivity index (χ2v) is 12.1. The molecule has 2 heterocycles. The molecule has 0 radical (unpaired) electrons. The summed E-state index contributed by atoms with van der Waals surface area (Å²) in [5.41, 5.74) is -2.08. The van der Waals surface area contributed by atoms with Gasteiger partial charge in [0.05, 0.1) is 10.8 Å². The van der Waals surface area contributed by atoms with Crippen LogP contribution in [0.15, 0.2) is 0 Å². The van der Waals surface area contributed by atoms with Crippen molar-refractivity contribution in [3.8, 4) is 0 Å². The Bertz CT molecular complexity index is 790. The third-order valence-electron chi connectivity index (χ3n) is 7.16. The normalized spacial score (nSPS) is 31.7. The van der Waals surface area contributed by atoms with Gasteiger partial charge in [0.2, 0.25) is 0 Å². The highest BCUT2D eigenvalue weighted by molar-refractivity contribution is 5.80. The molecule has 2 aliphatic heterocycles. The Labute approximate surface area is 200 Å². The molecule has 0 aromatic carbocycles. The monoisotopic (exact) mass is 482 g/mol. The Balaban J connectivity index is 0.000000191. The smallest absolute Gasteiger partial charge is 0.410 e. The number of carboxylic acid groups (broad SMARTS) is 2. The zero-order valence-electron chi connectivity index (χ0n) is 21.0. The molecule has 4 aliphatic rings. The SMILES string of the molecule is CC(C)(C)OC(=O)N1CC[C@@]2(C(=O)O)C[C@H]2C1.CC(C)(C)OC(=O)N1CC[C@]2(C(=O)O)C[C@@H]2C1. The number of rotatable bonds is 2. The number of nitrogens with zero attached hydrogens (tertiary/aromatic N) is 2. The van der Waals surface area contributed by atoms with Crippen LogP contribution in [0.25, 0.3) is 0 Å². The van der Waals surface area contributed by atoms with Gasteiger partial charge in [-0.05, 0) is 79.1 Å². The number of likely N-dealkylation sites (tertiary alicyclic amines) is 2. The van der Waals surface area contributed by atoms with E-state index >= 15 is 0 Å². The lowest BCUT2D eigenvalue weighted by atomic mass is 9.96. The first kappa shape index (κ1) is 26.1. The minimum Gasteiger partial charge on any atom is -0.481 e. The summed E-state index contributed by atoms with van der Waals surface area (Å²) < 4.78 is 10.6. The minimum absolute atomic E-state index is 0.112. The van der Waals surface area contributed by atoms with E-state index in [1.165, 1.54) is 0 Å². The number of aliphatic carboxylic acids is 2. The lowest BCUT2D eigenvalue weighted by Gasteiger charge is -2.31. The van der Waals surface area contributed by atoms with Gasteiger partial charge in [0.25, 0.3) is 0 Å². The van der Waals surface area contributed by atoms with Crippen LogP contribution < -0.4 is 0 Å². The van der Waals surface area contributed by atoms with E-state index in [1.54, 1.807) is 9.80 Å². The van der Waals surface area contributed by atoms with E-state index in [2.05, 4.69) is 0 Å². The van der Waals surface area contributed by atoms with Gasteiger partial charge in [-0.15, -0.1) is 0 Å². The number of hydrogen-bond acceptors (Lipinski definition) is 6. The first-order valence-electron chi connectivity index (χ1n) is 11.9. The molecule has 4 atom stereocenters. The van der Waals surface area contributed by atoms with E-state index in [0.717, 1.165) is 0 Å². The van der Waals surface area contributed by atoms with Gasteiger partial charge in [0, 0.05) is 26.2 Å². The average molecular weight is 483 g/mol. The van der Waals surface area contributed by atoms with Crippen LogP contribution in [0.4, 0.5) is 9.59 Å². The van der Waals surface area contributed by atoms with Gasteiger partial charge in [-0.3, -0.25) is 9.59 Å². The lowest BCUT2D eigenvalue weighted by molar-refractivity contribution is -0.146. The highest BCUT2D eigenvalue weighted by Gasteiger charge is 2.63. The van der Waals surface area contributed by atoms with Crippen LogP contribution in [0.1, 0.15) is 67.2 Å². The van der Waals surface area contributed by atoms with Crippen molar-refractivity contribution in [1.82, 2.24) is 9.80 Å². The molecular formula is C24H38N2O8. The Hall–Kier alpha value is -2.52. The van der Waals surface area contributed by atoms with E-state index in [4.69, 9.17) is 19.7 Å². The van der Waals surface area contributed by atoms with Crippen LogP contribution in [-0.2, 0) is 19.1 Å². The maximum absolute atomic E-state index is 11.8. The van der Waals surface area contributed by atoms with E-state index in [-0.39, 0.29) is 24.0 Å². The molecule has 2 saturated heterocycles. The summed E-state index contributed by atoms with van der Waals surface area (Å²) in [6.07, 6.45) is 1.83. The van der Waals surface area contributed by atoms with Crippen LogP contribution in [0, 0.1) is 22.7 Å². The first-order valence-corrected chi connectivity index (χ1v) is 11.9. The molecule has 0 spiro atoms. The topological polar surface area (TPSA) is 134 Å². The molecule has 4 fully saturated rings. The quantitative estimate of drug-likeness (QED) is 0.611. The third kappa shape index (κ3) is 5.58. The van der Waals surface area contributed by atoms with Crippen LogP contribution in [0.3, 0.4) is 0 Å². The average Bonchev–Trinajstić information content (AvgIpc) is 3.57. The predicted octanol–water partition coefficient (Wildman–Crippen LogP) is 3.44. The van der Waals surface area contributed by atoms with Crippen molar-refractivity contribution < 1.29 is 38.9 Å². The van der Waals surface area contributed by atoms with Gasteiger partial charge in [0.15, 0.2) is 0 Å². The number of carbonyl (C=O) groups is 4. The van der Waals surface area contributed by atoms with Gasteiger partial charge in [0.1, 0.15) is 11.2 Å². The van der Waals surface area contributed by atoms with Crippen molar-refractivity contribution in [3.05, 3.63) is 0 Å². The Morgan fingerprint density at radius 2 is 1.03 bits per heavy atom. The third-order valence-corrected chi connectivity index (χ3v) is 7.16. The van der Waals surface area contributed by atoms with Gasteiger partial charge in [-0.25, -0.2) is 9.59 Å². The standard InChI is InChI=1S/2C12H19NO4/c2*1-11(2,3)17-10(16)13-5-4-12(9(14)15)6-8(12)7-13/h2*8H,4-7H2,1-3H3,(H,14,15)/t2*8-,12+/m10/s1. The van der Waals surface area contributed by atoms with Gasteiger partial charge in [-0.1, -0.05) is 0 Å².